The van der Waals surface area contributed by atoms with Crippen LogP contribution in [0.25, 0.3) is 0 Å². The molecule has 108 valence electrons. The second kappa shape index (κ2) is 8.13. The third kappa shape index (κ3) is 5.25. The molecule has 1 N–H and O–H groups in total. The summed E-state index contributed by atoms with van der Waals surface area (Å²) in [4.78, 5) is 5.24. The summed E-state index contributed by atoms with van der Waals surface area (Å²) in [5.41, 5.74) is 0. The molecule has 0 bridgehead atoms. The van der Waals surface area contributed by atoms with Crippen LogP contribution in [0.4, 0.5) is 0 Å². The smallest absolute Gasteiger partial charge is 0.0113 e. The predicted octanol–water partition coefficient (Wildman–Crippen LogP) is 2.18. The van der Waals surface area contributed by atoms with Crippen LogP contribution in [0.1, 0.15) is 47.5 Å². The van der Waals surface area contributed by atoms with E-state index in [0.29, 0.717) is 18.1 Å². The van der Waals surface area contributed by atoms with E-state index in [1.54, 1.807) is 0 Å². The van der Waals surface area contributed by atoms with Gasteiger partial charge in [-0.15, -0.1) is 0 Å². The number of hydrogen-bond donors (Lipinski definition) is 1. The number of nitrogens with one attached hydrogen (secondary N) is 1. The van der Waals surface area contributed by atoms with Gasteiger partial charge in [0.1, 0.15) is 0 Å². The zero-order valence-corrected chi connectivity index (χ0v) is 13.1. The van der Waals surface area contributed by atoms with E-state index in [1.807, 2.05) is 0 Å². The molecule has 18 heavy (non-hydrogen) atoms. The Hall–Kier alpha value is -0.120. The van der Waals surface area contributed by atoms with E-state index < -0.39 is 0 Å². The summed E-state index contributed by atoms with van der Waals surface area (Å²) in [6, 6.07) is 2.05. The summed E-state index contributed by atoms with van der Waals surface area (Å²) >= 11 is 0. The zero-order valence-electron chi connectivity index (χ0n) is 13.1. The third-order valence-electron chi connectivity index (χ3n) is 4.14. The molecular formula is C15H33N3. The van der Waals surface area contributed by atoms with Crippen molar-refractivity contribution < 1.29 is 0 Å². The fourth-order valence-corrected chi connectivity index (χ4v) is 2.83. The number of hydrogen-bond acceptors (Lipinski definition) is 3. The molecule has 0 aliphatic carbocycles. The zero-order chi connectivity index (χ0) is 13.5. The molecule has 1 aliphatic rings. The lowest BCUT2D eigenvalue weighted by Crippen LogP contribution is -2.52. The Bertz CT molecular complexity index is 210. The Morgan fingerprint density at radius 3 is 2.00 bits per heavy atom. The average molecular weight is 255 g/mol. The van der Waals surface area contributed by atoms with E-state index in [0.717, 1.165) is 6.54 Å². The van der Waals surface area contributed by atoms with Crippen molar-refractivity contribution in [2.45, 2.75) is 65.6 Å². The largest absolute Gasteiger partial charge is 0.314 e. The molecule has 1 fully saturated rings. The summed E-state index contributed by atoms with van der Waals surface area (Å²) in [7, 11) is 0. The summed E-state index contributed by atoms with van der Waals surface area (Å²) in [6.45, 7) is 17.6. The average Bonchev–Trinajstić information content (AvgIpc) is 2.36. The molecule has 1 aliphatic heterocycles. The van der Waals surface area contributed by atoms with Crippen LogP contribution in [0.3, 0.4) is 0 Å². The first kappa shape index (κ1) is 15.9. The van der Waals surface area contributed by atoms with E-state index in [9.17, 15) is 0 Å². The normalized spacial score (nSPS) is 22.3. The summed E-state index contributed by atoms with van der Waals surface area (Å²) in [6.07, 6.45) is 2.49. The van der Waals surface area contributed by atoms with Crippen molar-refractivity contribution in [3.8, 4) is 0 Å². The Labute approximate surface area is 114 Å². The van der Waals surface area contributed by atoms with Gasteiger partial charge in [0.15, 0.2) is 0 Å². The summed E-state index contributed by atoms with van der Waals surface area (Å²) in [5, 5.41) is 3.59. The van der Waals surface area contributed by atoms with E-state index in [-0.39, 0.29) is 0 Å². The van der Waals surface area contributed by atoms with Crippen molar-refractivity contribution >= 4 is 0 Å². The fraction of sp³-hybridized carbons (Fsp3) is 1.00. The quantitative estimate of drug-likeness (QED) is 0.752. The van der Waals surface area contributed by atoms with Crippen molar-refractivity contribution in [1.29, 1.82) is 0 Å². The van der Waals surface area contributed by atoms with E-state index in [1.165, 1.54) is 39.0 Å². The third-order valence-corrected chi connectivity index (χ3v) is 4.14. The van der Waals surface area contributed by atoms with Crippen LogP contribution in [0.5, 0.6) is 0 Å². The van der Waals surface area contributed by atoms with Gasteiger partial charge >= 0.3 is 0 Å². The van der Waals surface area contributed by atoms with E-state index in [2.05, 4.69) is 49.7 Å². The minimum Gasteiger partial charge on any atom is -0.314 e. The molecular weight excluding hydrogens is 222 g/mol. The SMILES string of the molecule is CCCNC(C)CC(C)N1CCN(C(C)C)CC1. The van der Waals surface area contributed by atoms with Gasteiger partial charge in [-0.25, -0.2) is 0 Å². The molecule has 1 saturated heterocycles. The van der Waals surface area contributed by atoms with Gasteiger partial charge in [-0.05, 0) is 47.1 Å². The molecule has 2 atom stereocenters. The Balaban J connectivity index is 2.25. The highest BCUT2D eigenvalue weighted by Gasteiger charge is 2.23. The molecule has 1 heterocycles. The highest BCUT2D eigenvalue weighted by molar-refractivity contribution is 4.79. The molecule has 0 aromatic rings. The highest BCUT2D eigenvalue weighted by atomic mass is 15.3. The molecule has 0 aromatic carbocycles. The monoisotopic (exact) mass is 255 g/mol. The molecule has 1 rings (SSSR count). The molecule has 3 heteroatoms. The van der Waals surface area contributed by atoms with Crippen molar-refractivity contribution in [3.63, 3.8) is 0 Å². The molecule has 0 amide bonds. The second-order valence-electron chi connectivity index (χ2n) is 6.11. The van der Waals surface area contributed by atoms with Crippen LogP contribution >= 0.6 is 0 Å². The minimum absolute atomic E-state index is 0.642. The summed E-state index contributed by atoms with van der Waals surface area (Å²) in [5.74, 6) is 0. The van der Waals surface area contributed by atoms with Gasteiger partial charge < -0.3 is 5.32 Å². The predicted molar refractivity (Wildman–Crippen MR) is 80.1 cm³/mol. The number of nitrogens with zero attached hydrogens (tertiary/aromatic N) is 2. The van der Waals surface area contributed by atoms with E-state index >= 15 is 0 Å². The lowest BCUT2D eigenvalue weighted by atomic mass is 10.1. The maximum atomic E-state index is 3.59. The maximum absolute atomic E-state index is 3.59. The van der Waals surface area contributed by atoms with Crippen LogP contribution in [0.2, 0.25) is 0 Å². The molecule has 3 nitrogen and oxygen atoms in total. The van der Waals surface area contributed by atoms with Crippen LogP contribution < -0.4 is 5.32 Å². The second-order valence-corrected chi connectivity index (χ2v) is 6.11. The first-order chi connectivity index (χ1) is 8.54. The molecule has 0 saturated carbocycles. The lowest BCUT2D eigenvalue weighted by molar-refractivity contribution is 0.0777. The first-order valence-electron chi connectivity index (χ1n) is 7.76. The van der Waals surface area contributed by atoms with Gasteiger partial charge in [0, 0.05) is 44.3 Å². The van der Waals surface area contributed by atoms with Gasteiger partial charge in [-0.1, -0.05) is 6.92 Å². The van der Waals surface area contributed by atoms with Gasteiger partial charge in [-0.2, -0.15) is 0 Å². The maximum Gasteiger partial charge on any atom is 0.0113 e. The van der Waals surface area contributed by atoms with Crippen molar-refractivity contribution in [2.24, 2.45) is 0 Å². The van der Waals surface area contributed by atoms with Crippen LogP contribution in [-0.2, 0) is 0 Å². The van der Waals surface area contributed by atoms with Gasteiger partial charge in [0.05, 0.1) is 0 Å². The standard InChI is InChI=1S/C15H33N3/c1-6-7-16-14(4)12-15(5)18-10-8-17(9-11-18)13(2)3/h13-16H,6-12H2,1-5H3. The Kier molecular flexibility index (Phi) is 7.20. The van der Waals surface area contributed by atoms with Crippen molar-refractivity contribution in [3.05, 3.63) is 0 Å². The molecule has 0 spiro atoms. The Morgan fingerprint density at radius 1 is 0.944 bits per heavy atom. The highest BCUT2D eigenvalue weighted by Crippen LogP contribution is 2.12. The lowest BCUT2D eigenvalue weighted by Gasteiger charge is -2.40. The first-order valence-corrected chi connectivity index (χ1v) is 7.76. The van der Waals surface area contributed by atoms with E-state index in [4.69, 9.17) is 0 Å². The fourth-order valence-electron chi connectivity index (χ4n) is 2.83. The number of piperazine rings is 1. The van der Waals surface area contributed by atoms with Gasteiger partial charge in [0.2, 0.25) is 0 Å². The molecule has 0 aromatic heterocycles. The Morgan fingerprint density at radius 2 is 1.50 bits per heavy atom. The number of rotatable bonds is 7. The van der Waals surface area contributed by atoms with Crippen LogP contribution in [0.15, 0.2) is 0 Å². The summed E-state index contributed by atoms with van der Waals surface area (Å²) < 4.78 is 0. The van der Waals surface area contributed by atoms with Crippen molar-refractivity contribution in [2.75, 3.05) is 32.7 Å². The van der Waals surface area contributed by atoms with Gasteiger partial charge in [0.25, 0.3) is 0 Å². The van der Waals surface area contributed by atoms with Gasteiger partial charge in [-0.3, -0.25) is 9.80 Å². The molecule has 2 unspecified atom stereocenters. The topological polar surface area (TPSA) is 18.5 Å². The molecule has 0 radical (unpaired) electrons. The van der Waals surface area contributed by atoms with Crippen molar-refractivity contribution in [1.82, 2.24) is 15.1 Å². The van der Waals surface area contributed by atoms with Crippen LogP contribution in [0, 0.1) is 0 Å². The van der Waals surface area contributed by atoms with Crippen LogP contribution in [-0.4, -0.2) is 60.6 Å². The minimum atomic E-state index is 0.642.